The monoisotopic (exact) mass is 160 g/mol. The summed E-state index contributed by atoms with van der Waals surface area (Å²) >= 11 is 0. The number of hydrogen-bond acceptors (Lipinski definition) is 3. The number of esters is 1. The van der Waals surface area contributed by atoms with E-state index in [9.17, 15) is 4.79 Å². The molecule has 0 aromatic carbocycles. The molecule has 0 radical (unpaired) electrons. The highest BCUT2D eigenvalue weighted by Crippen LogP contribution is 1.97. The standard InChI is InChI=1S/C8H16O3/c1-7(2)8(10)11-6-4-3-5-9/h7,9H,3-6H2,1-2H3. The van der Waals surface area contributed by atoms with Crippen LogP contribution in [0.25, 0.3) is 0 Å². The Balaban J connectivity index is 3.18. The van der Waals surface area contributed by atoms with Crippen molar-refractivity contribution in [2.75, 3.05) is 13.2 Å². The van der Waals surface area contributed by atoms with Gasteiger partial charge in [-0.3, -0.25) is 4.79 Å². The number of carbonyl (C=O) groups excluding carboxylic acids is 1. The van der Waals surface area contributed by atoms with Crippen LogP contribution in [-0.4, -0.2) is 24.3 Å². The van der Waals surface area contributed by atoms with Gasteiger partial charge in [0.25, 0.3) is 0 Å². The molecule has 0 amide bonds. The smallest absolute Gasteiger partial charge is 0.308 e. The summed E-state index contributed by atoms with van der Waals surface area (Å²) in [6.45, 7) is 4.19. The number of carbonyl (C=O) groups is 1. The van der Waals surface area contributed by atoms with Gasteiger partial charge < -0.3 is 9.84 Å². The molecule has 0 atom stereocenters. The van der Waals surface area contributed by atoms with Gasteiger partial charge in [-0.2, -0.15) is 0 Å². The number of aliphatic hydroxyl groups excluding tert-OH is 1. The fraction of sp³-hybridized carbons (Fsp3) is 0.875. The fourth-order valence-electron chi connectivity index (χ4n) is 0.553. The lowest BCUT2D eigenvalue weighted by atomic mass is 10.2. The van der Waals surface area contributed by atoms with E-state index in [-0.39, 0.29) is 18.5 Å². The molecule has 0 unspecified atom stereocenters. The lowest BCUT2D eigenvalue weighted by Gasteiger charge is -2.05. The molecule has 66 valence electrons. The van der Waals surface area contributed by atoms with Crippen molar-refractivity contribution in [3.05, 3.63) is 0 Å². The Morgan fingerprint density at radius 1 is 1.45 bits per heavy atom. The maximum absolute atomic E-state index is 10.8. The predicted octanol–water partition coefficient (Wildman–Crippen LogP) is 0.958. The van der Waals surface area contributed by atoms with E-state index in [0.29, 0.717) is 13.0 Å². The molecule has 0 aliphatic rings. The lowest BCUT2D eigenvalue weighted by molar-refractivity contribution is -0.147. The van der Waals surface area contributed by atoms with Gasteiger partial charge in [0.15, 0.2) is 0 Å². The summed E-state index contributed by atoms with van der Waals surface area (Å²) in [4.78, 5) is 10.8. The second-order valence-electron chi connectivity index (χ2n) is 2.75. The van der Waals surface area contributed by atoms with Gasteiger partial charge in [-0.25, -0.2) is 0 Å². The highest BCUT2D eigenvalue weighted by molar-refractivity contribution is 5.71. The third kappa shape index (κ3) is 5.85. The van der Waals surface area contributed by atoms with Crippen LogP contribution in [0.15, 0.2) is 0 Å². The first-order valence-corrected chi connectivity index (χ1v) is 3.96. The minimum Gasteiger partial charge on any atom is -0.465 e. The first kappa shape index (κ1) is 10.4. The summed E-state index contributed by atoms with van der Waals surface area (Å²) in [5.41, 5.74) is 0. The first-order chi connectivity index (χ1) is 5.18. The van der Waals surface area contributed by atoms with Gasteiger partial charge in [-0.05, 0) is 12.8 Å². The van der Waals surface area contributed by atoms with E-state index in [1.54, 1.807) is 13.8 Å². The quantitative estimate of drug-likeness (QED) is 0.481. The van der Waals surface area contributed by atoms with E-state index in [2.05, 4.69) is 0 Å². The van der Waals surface area contributed by atoms with E-state index in [0.717, 1.165) is 6.42 Å². The minimum atomic E-state index is -0.164. The molecule has 0 rings (SSSR count). The van der Waals surface area contributed by atoms with E-state index in [4.69, 9.17) is 9.84 Å². The number of hydrogen-bond donors (Lipinski definition) is 1. The van der Waals surface area contributed by atoms with Gasteiger partial charge in [-0.15, -0.1) is 0 Å². The summed E-state index contributed by atoms with van der Waals surface area (Å²) in [6.07, 6.45) is 1.44. The van der Waals surface area contributed by atoms with Crippen molar-refractivity contribution in [1.82, 2.24) is 0 Å². The molecule has 0 fully saturated rings. The minimum absolute atomic E-state index is 0.0517. The van der Waals surface area contributed by atoms with Crippen molar-refractivity contribution in [2.24, 2.45) is 5.92 Å². The third-order valence-corrected chi connectivity index (χ3v) is 1.27. The van der Waals surface area contributed by atoms with Gasteiger partial charge in [0.2, 0.25) is 0 Å². The predicted molar refractivity (Wildman–Crippen MR) is 42.1 cm³/mol. The number of ether oxygens (including phenoxy) is 1. The highest BCUT2D eigenvalue weighted by atomic mass is 16.5. The molecule has 0 aliphatic heterocycles. The largest absolute Gasteiger partial charge is 0.465 e. The summed E-state index contributed by atoms with van der Waals surface area (Å²) in [5, 5.41) is 8.40. The van der Waals surface area contributed by atoms with Crippen molar-refractivity contribution in [1.29, 1.82) is 0 Å². The van der Waals surface area contributed by atoms with Crippen molar-refractivity contribution in [2.45, 2.75) is 26.7 Å². The van der Waals surface area contributed by atoms with Crippen LogP contribution in [0.1, 0.15) is 26.7 Å². The van der Waals surface area contributed by atoms with Gasteiger partial charge in [0.05, 0.1) is 12.5 Å². The number of unbranched alkanes of at least 4 members (excludes halogenated alkanes) is 1. The summed E-state index contributed by atoms with van der Waals surface area (Å²) in [5.74, 6) is -0.216. The zero-order chi connectivity index (χ0) is 8.69. The van der Waals surface area contributed by atoms with Crippen LogP contribution in [0.2, 0.25) is 0 Å². The maximum Gasteiger partial charge on any atom is 0.308 e. The third-order valence-electron chi connectivity index (χ3n) is 1.27. The van der Waals surface area contributed by atoms with Crippen LogP contribution in [0.5, 0.6) is 0 Å². The average molecular weight is 160 g/mol. The summed E-state index contributed by atoms with van der Waals surface area (Å²) in [6, 6.07) is 0. The molecule has 3 nitrogen and oxygen atoms in total. The molecule has 0 saturated carbocycles. The van der Waals surface area contributed by atoms with Crippen LogP contribution in [0.3, 0.4) is 0 Å². The Morgan fingerprint density at radius 2 is 2.09 bits per heavy atom. The van der Waals surface area contributed by atoms with Crippen LogP contribution in [0.4, 0.5) is 0 Å². The van der Waals surface area contributed by atoms with Crippen LogP contribution in [-0.2, 0) is 9.53 Å². The highest BCUT2D eigenvalue weighted by Gasteiger charge is 2.06. The SMILES string of the molecule is CC(C)C(=O)OCCCCO. The molecule has 0 spiro atoms. The van der Waals surface area contributed by atoms with E-state index in [1.807, 2.05) is 0 Å². The summed E-state index contributed by atoms with van der Waals surface area (Å²) < 4.78 is 4.86. The molecular formula is C8H16O3. The Kier molecular flexibility index (Phi) is 5.84. The van der Waals surface area contributed by atoms with E-state index >= 15 is 0 Å². The second kappa shape index (κ2) is 6.16. The van der Waals surface area contributed by atoms with Crippen molar-refractivity contribution >= 4 is 5.97 Å². The van der Waals surface area contributed by atoms with Crippen LogP contribution in [0, 0.1) is 5.92 Å². The Hall–Kier alpha value is -0.570. The number of aliphatic hydroxyl groups is 1. The van der Waals surface area contributed by atoms with Crippen molar-refractivity contribution in [3.8, 4) is 0 Å². The van der Waals surface area contributed by atoms with Crippen LogP contribution < -0.4 is 0 Å². The molecule has 0 saturated heterocycles. The first-order valence-electron chi connectivity index (χ1n) is 3.96. The van der Waals surface area contributed by atoms with Gasteiger partial charge >= 0.3 is 5.97 Å². The Labute approximate surface area is 67.4 Å². The molecule has 0 aliphatic carbocycles. The molecule has 0 aromatic rings. The van der Waals surface area contributed by atoms with Crippen molar-refractivity contribution in [3.63, 3.8) is 0 Å². The molecule has 0 aromatic heterocycles. The molecule has 0 heterocycles. The number of rotatable bonds is 5. The molecule has 1 N–H and O–H groups in total. The van der Waals surface area contributed by atoms with E-state index < -0.39 is 0 Å². The van der Waals surface area contributed by atoms with Gasteiger partial charge in [0, 0.05) is 6.61 Å². The Bertz CT molecular complexity index is 110. The molecule has 0 bridgehead atoms. The lowest BCUT2D eigenvalue weighted by Crippen LogP contribution is -2.12. The summed E-state index contributed by atoms with van der Waals surface area (Å²) in [7, 11) is 0. The fourth-order valence-corrected chi connectivity index (χ4v) is 0.553. The van der Waals surface area contributed by atoms with Crippen molar-refractivity contribution < 1.29 is 14.6 Å². The maximum atomic E-state index is 10.8. The van der Waals surface area contributed by atoms with Gasteiger partial charge in [-0.1, -0.05) is 13.8 Å². The Morgan fingerprint density at radius 3 is 2.55 bits per heavy atom. The molecular weight excluding hydrogens is 144 g/mol. The molecule has 3 heteroatoms. The second-order valence-corrected chi connectivity index (χ2v) is 2.75. The normalized spacial score (nSPS) is 10.2. The average Bonchev–Trinajstić information content (AvgIpc) is 1.97. The zero-order valence-corrected chi connectivity index (χ0v) is 7.17. The zero-order valence-electron chi connectivity index (χ0n) is 7.17. The van der Waals surface area contributed by atoms with Crippen LogP contribution >= 0.6 is 0 Å². The topological polar surface area (TPSA) is 46.5 Å². The van der Waals surface area contributed by atoms with E-state index in [1.165, 1.54) is 0 Å². The van der Waals surface area contributed by atoms with Gasteiger partial charge in [0.1, 0.15) is 0 Å². The molecule has 11 heavy (non-hydrogen) atoms.